The Hall–Kier alpha value is -3.16. The highest BCUT2D eigenvalue weighted by Gasteiger charge is 2.47. The zero-order valence-corrected chi connectivity index (χ0v) is 46.9. The summed E-state index contributed by atoms with van der Waals surface area (Å²) in [5.74, 6) is -1.28. The third kappa shape index (κ3) is 38.4. The minimum atomic E-state index is -1.65. The number of amides is 1. The van der Waals surface area contributed by atoms with Crippen molar-refractivity contribution < 1.29 is 49.3 Å². The number of allylic oxidation sites excluding steroid dienone is 13. The molecule has 0 aromatic heterocycles. The molecule has 0 aromatic rings. The van der Waals surface area contributed by atoms with Gasteiger partial charge in [-0.2, -0.15) is 0 Å². The second kappa shape index (κ2) is 50.6. The van der Waals surface area contributed by atoms with Crippen molar-refractivity contribution in [1.29, 1.82) is 0 Å². The summed E-state index contributed by atoms with van der Waals surface area (Å²) >= 11 is 0. The SMILES string of the molecule is CC/C=C/C=C/C=C\C=C/C=C/CCCC(=O)OC1C(OCC(NC(=O)C(O)CCCCCCCCCCCC/C=C/CCCCCCCC)C(O)/C=C/CCCCCCCCCCCC)OC(CO)C(O)C1O. The van der Waals surface area contributed by atoms with Crippen molar-refractivity contribution in [1.82, 2.24) is 5.32 Å². The summed E-state index contributed by atoms with van der Waals surface area (Å²) in [6.45, 7) is 5.59. The first-order valence-corrected chi connectivity index (χ1v) is 29.9. The molecule has 0 bridgehead atoms. The Morgan fingerprint density at radius 3 is 1.49 bits per heavy atom. The molecule has 1 amide bonds. The minimum absolute atomic E-state index is 0.0243. The molecule has 74 heavy (non-hydrogen) atoms. The van der Waals surface area contributed by atoms with E-state index >= 15 is 0 Å². The summed E-state index contributed by atoms with van der Waals surface area (Å²) in [6.07, 6.45) is 55.0. The van der Waals surface area contributed by atoms with Gasteiger partial charge in [0.1, 0.15) is 24.4 Å². The molecule has 1 saturated heterocycles. The van der Waals surface area contributed by atoms with Gasteiger partial charge >= 0.3 is 5.97 Å². The molecule has 0 radical (unpaired) electrons. The number of nitrogens with one attached hydrogen (secondary N) is 1. The lowest BCUT2D eigenvalue weighted by molar-refractivity contribution is -0.305. The maximum Gasteiger partial charge on any atom is 0.306 e. The van der Waals surface area contributed by atoms with Crippen molar-refractivity contribution in [2.45, 2.75) is 288 Å². The smallest absolute Gasteiger partial charge is 0.306 e. The van der Waals surface area contributed by atoms with Gasteiger partial charge in [0.15, 0.2) is 12.4 Å². The lowest BCUT2D eigenvalue weighted by atomic mass is 9.99. The van der Waals surface area contributed by atoms with Crippen molar-refractivity contribution in [3.8, 4) is 0 Å². The average molecular weight is 1040 g/mol. The molecule has 1 aliphatic heterocycles. The summed E-state index contributed by atoms with van der Waals surface area (Å²) in [5.41, 5.74) is 0. The molecule has 6 N–H and O–H groups in total. The standard InChI is InChI=1S/C63H109NO10/c1-4-7-10-13-16-19-22-25-26-27-28-29-30-31-33-35-38-41-44-47-50-56(67)62(71)64-54(55(66)49-46-43-40-37-34-24-21-18-15-12-9-6-3)53-72-63-61(60(70)59(69)57(52-65)73-63)74-58(68)51-48-45-42-39-36-32-23-20-17-14-11-8-5-2/h8,11,14,17,20,23,25-26,32,36,39,42,46,49,54-57,59-61,63,65-67,69-70H,4-7,9-10,12-13,15-16,18-19,21-22,24,27-31,33-35,37-38,40-41,43-45,47-48,50-53H2,1-3H3,(H,64,71)/b11-8+,17-14+,23-20-,26-25+,36-32-,42-39+,49-46+. The number of carbonyl (C=O) groups is 2. The molecule has 426 valence electrons. The average Bonchev–Trinajstić information content (AvgIpc) is 3.40. The second-order valence-electron chi connectivity index (χ2n) is 20.5. The van der Waals surface area contributed by atoms with Crippen LogP contribution in [0.1, 0.15) is 239 Å². The number of aliphatic hydroxyl groups is 5. The van der Waals surface area contributed by atoms with Crippen LogP contribution in [-0.2, 0) is 23.8 Å². The van der Waals surface area contributed by atoms with E-state index in [1.54, 1.807) is 6.08 Å². The third-order valence-corrected chi connectivity index (χ3v) is 13.7. The topological polar surface area (TPSA) is 175 Å². The number of hydrogen-bond donors (Lipinski definition) is 6. The van der Waals surface area contributed by atoms with Gasteiger partial charge in [-0.1, -0.05) is 254 Å². The Morgan fingerprint density at radius 2 is 0.986 bits per heavy atom. The van der Waals surface area contributed by atoms with E-state index in [9.17, 15) is 35.1 Å². The molecule has 8 atom stereocenters. The number of aliphatic hydroxyl groups excluding tert-OH is 5. The van der Waals surface area contributed by atoms with Gasteiger partial charge < -0.3 is 45.1 Å². The Balaban J connectivity index is 2.71. The van der Waals surface area contributed by atoms with Crippen LogP contribution in [0.25, 0.3) is 0 Å². The van der Waals surface area contributed by atoms with Crippen LogP contribution < -0.4 is 5.32 Å². The lowest BCUT2D eigenvalue weighted by Crippen LogP contribution is -2.61. The highest BCUT2D eigenvalue weighted by Crippen LogP contribution is 2.26. The number of rotatable bonds is 49. The van der Waals surface area contributed by atoms with Gasteiger partial charge in [-0.05, 0) is 64.2 Å². The van der Waals surface area contributed by atoms with Crippen molar-refractivity contribution >= 4 is 11.9 Å². The summed E-state index contributed by atoms with van der Waals surface area (Å²) in [7, 11) is 0. The number of hydrogen-bond acceptors (Lipinski definition) is 10. The molecule has 1 heterocycles. The van der Waals surface area contributed by atoms with Gasteiger partial charge in [-0.25, -0.2) is 0 Å². The van der Waals surface area contributed by atoms with Gasteiger partial charge in [0.2, 0.25) is 5.91 Å². The van der Waals surface area contributed by atoms with Crippen molar-refractivity contribution in [3.05, 3.63) is 85.1 Å². The predicted molar refractivity (Wildman–Crippen MR) is 306 cm³/mol. The lowest BCUT2D eigenvalue weighted by Gasteiger charge is -2.41. The molecule has 0 saturated carbocycles. The van der Waals surface area contributed by atoms with Gasteiger partial charge in [-0.15, -0.1) is 0 Å². The monoisotopic (exact) mass is 1040 g/mol. The van der Waals surface area contributed by atoms with E-state index in [1.165, 1.54) is 135 Å². The predicted octanol–water partition coefficient (Wildman–Crippen LogP) is 13.8. The van der Waals surface area contributed by atoms with Crippen molar-refractivity contribution in [2.24, 2.45) is 0 Å². The molecule has 0 aliphatic carbocycles. The molecule has 0 spiro atoms. The van der Waals surface area contributed by atoms with Crippen molar-refractivity contribution in [3.63, 3.8) is 0 Å². The first kappa shape index (κ1) is 68.9. The Labute approximate surface area is 451 Å². The van der Waals surface area contributed by atoms with Crippen LogP contribution in [0.15, 0.2) is 85.1 Å². The summed E-state index contributed by atoms with van der Waals surface area (Å²) < 4.78 is 17.5. The number of unbranched alkanes of at least 4 members (excludes halogenated alkanes) is 27. The molecule has 1 fully saturated rings. The van der Waals surface area contributed by atoms with Crippen LogP contribution in [0.5, 0.6) is 0 Å². The fraction of sp³-hybridized carbons (Fsp3) is 0.746. The summed E-state index contributed by atoms with van der Waals surface area (Å²) in [4.78, 5) is 26.4. The summed E-state index contributed by atoms with van der Waals surface area (Å²) in [5, 5.41) is 56.8. The van der Waals surface area contributed by atoms with E-state index in [4.69, 9.17) is 14.2 Å². The quantitative estimate of drug-likeness (QED) is 0.0149. The normalized spacial score (nSPS) is 19.9. The molecule has 8 unspecified atom stereocenters. The van der Waals surface area contributed by atoms with Crippen LogP contribution in [-0.4, -0.2) is 99.6 Å². The number of ether oxygens (including phenoxy) is 3. The van der Waals surface area contributed by atoms with E-state index in [-0.39, 0.29) is 19.4 Å². The van der Waals surface area contributed by atoms with Gasteiger partial charge in [-0.3, -0.25) is 9.59 Å². The third-order valence-electron chi connectivity index (χ3n) is 13.7. The number of esters is 1. The fourth-order valence-corrected chi connectivity index (χ4v) is 8.91. The highest BCUT2D eigenvalue weighted by atomic mass is 16.7. The van der Waals surface area contributed by atoms with Crippen LogP contribution in [0.2, 0.25) is 0 Å². The molecule has 0 aromatic carbocycles. The zero-order valence-electron chi connectivity index (χ0n) is 46.9. The van der Waals surface area contributed by atoms with E-state index in [0.29, 0.717) is 19.3 Å². The molecular formula is C63H109NO10. The van der Waals surface area contributed by atoms with E-state index in [2.05, 4.69) is 44.3 Å². The van der Waals surface area contributed by atoms with Crippen LogP contribution >= 0.6 is 0 Å². The minimum Gasteiger partial charge on any atom is -0.454 e. The maximum absolute atomic E-state index is 13.4. The molecule has 11 heteroatoms. The van der Waals surface area contributed by atoms with Crippen LogP contribution in [0.4, 0.5) is 0 Å². The Bertz CT molecular complexity index is 1520. The molecule has 1 aliphatic rings. The first-order valence-electron chi connectivity index (χ1n) is 29.9. The first-order chi connectivity index (χ1) is 36.2. The van der Waals surface area contributed by atoms with Gasteiger partial charge in [0, 0.05) is 6.42 Å². The molecular weight excluding hydrogens is 931 g/mol. The Kier molecular flexibility index (Phi) is 47.1. The van der Waals surface area contributed by atoms with Gasteiger partial charge in [0.05, 0.1) is 25.4 Å². The van der Waals surface area contributed by atoms with E-state index in [0.717, 1.165) is 51.4 Å². The highest BCUT2D eigenvalue weighted by molar-refractivity contribution is 5.80. The second-order valence-corrected chi connectivity index (χ2v) is 20.5. The van der Waals surface area contributed by atoms with Gasteiger partial charge in [0.25, 0.3) is 0 Å². The van der Waals surface area contributed by atoms with Crippen LogP contribution in [0.3, 0.4) is 0 Å². The van der Waals surface area contributed by atoms with Crippen molar-refractivity contribution in [2.75, 3.05) is 13.2 Å². The summed E-state index contributed by atoms with van der Waals surface area (Å²) in [6, 6.07) is -1.04. The fourth-order valence-electron chi connectivity index (χ4n) is 8.91. The maximum atomic E-state index is 13.4. The molecule has 1 rings (SSSR count). The molecule has 11 nitrogen and oxygen atoms in total. The zero-order chi connectivity index (χ0) is 54.0. The van der Waals surface area contributed by atoms with E-state index < -0.39 is 67.4 Å². The van der Waals surface area contributed by atoms with Crippen LogP contribution in [0, 0.1) is 0 Å². The van der Waals surface area contributed by atoms with E-state index in [1.807, 2.05) is 60.8 Å². The largest absolute Gasteiger partial charge is 0.454 e. The Morgan fingerprint density at radius 1 is 0.541 bits per heavy atom. The number of carbonyl (C=O) groups excluding carboxylic acids is 2.